The molecule has 1 fully saturated rings. The number of rotatable bonds is 4. The number of furan rings is 1. The lowest BCUT2D eigenvalue weighted by Crippen LogP contribution is -2.52. The number of ketones is 3. The molecule has 9 heteroatoms. The highest BCUT2D eigenvalue weighted by molar-refractivity contribution is 6.20. The fraction of sp³-hybridized carbons (Fsp3) is 0.483. The topological polar surface area (TPSA) is 149 Å². The molecule has 200 valence electrons. The molecule has 4 N–H and O–H groups in total. The monoisotopic (exact) mass is 521 g/mol. The van der Waals surface area contributed by atoms with E-state index >= 15 is 0 Å². The maximum Gasteiger partial charge on any atom is 0.182 e. The van der Waals surface area contributed by atoms with Gasteiger partial charge in [0.25, 0.3) is 0 Å². The first kappa shape index (κ1) is 24.9. The zero-order valence-corrected chi connectivity index (χ0v) is 21.2. The van der Waals surface area contributed by atoms with Crippen molar-refractivity contribution in [2.75, 3.05) is 13.1 Å². The summed E-state index contributed by atoms with van der Waals surface area (Å²) in [7, 11) is 0. The molecule has 3 atom stereocenters. The van der Waals surface area contributed by atoms with Crippen LogP contribution in [0.5, 0.6) is 0 Å². The third kappa shape index (κ3) is 3.55. The molecule has 1 saturated heterocycles. The van der Waals surface area contributed by atoms with Crippen LogP contribution in [-0.4, -0.2) is 61.4 Å². The van der Waals surface area contributed by atoms with Gasteiger partial charge in [-0.3, -0.25) is 19.3 Å². The lowest BCUT2D eigenvalue weighted by atomic mass is 9.60. The summed E-state index contributed by atoms with van der Waals surface area (Å²) in [6, 6.07) is 3.84. The Morgan fingerprint density at radius 2 is 1.76 bits per heavy atom. The van der Waals surface area contributed by atoms with Crippen molar-refractivity contribution in [3.05, 3.63) is 63.2 Å². The lowest BCUT2D eigenvalue weighted by Gasteiger charge is -2.47. The minimum atomic E-state index is -2.39. The maximum absolute atomic E-state index is 13.0. The Bertz CT molecular complexity index is 1400. The Kier molecular flexibility index (Phi) is 5.77. The number of hydrogen-bond donors (Lipinski definition) is 4. The zero-order chi connectivity index (χ0) is 26.9. The van der Waals surface area contributed by atoms with Crippen molar-refractivity contribution in [1.29, 1.82) is 0 Å². The molecular weight excluding hydrogens is 490 g/mol. The third-order valence-electron chi connectivity index (χ3n) is 8.87. The highest BCUT2D eigenvalue weighted by Crippen LogP contribution is 2.55. The van der Waals surface area contributed by atoms with Crippen LogP contribution in [0.15, 0.2) is 56.1 Å². The molecule has 5 aliphatic rings. The Morgan fingerprint density at radius 1 is 1.03 bits per heavy atom. The Balaban J connectivity index is 1.45. The van der Waals surface area contributed by atoms with Crippen LogP contribution in [0, 0.1) is 11.8 Å². The number of nitrogens with zero attached hydrogens (tertiary/aromatic N) is 1. The summed E-state index contributed by atoms with van der Waals surface area (Å²) >= 11 is 0. The minimum Gasteiger partial charge on any atom is -0.508 e. The van der Waals surface area contributed by atoms with Crippen LogP contribution in [-0.2, 0) is 20.9 Å². The molecule has 0 aromatic carbocycles. The van der Waals surface area contributed by atoms with Gasteiger partial charge in [-0.1, -0.05) is 0 Å². The van der Waals surface area contributed by atoms with Crippen molar-refractivity contribution in [1.82, 2.24) is 4.90 Å². The number of allylic oxidation sites excluding steroid dienone is 5. The van der Waals surface area contributed by atoms with Crippen LogP contribution in [0.1, 0.15) is 63.4 Å². The number of likely N-dealkylation sites (tertiary alicyclic amines) is 1. The van der Waals surface area contributed by atoms with Gasteiger partial charge in [-0.05, 0) is 81.3 Å². The van der Waals surface area contributed by atoms with Crippen molar-refractivity contribution < 1.29 is 39.2 Å². The normalized spacial score (nSPS) is 30.2. The average molecular weight is 522 g/mol. The second kappa shape index (κ2) is 8.81. The predicted octanol–water partition coefficient (Wildman–Crippen LogP) is 3.76. The summed E-state index contributed by atoms with van der Waals surface area (Å²) in [4.78, 5) is 40.0. The van der Waals surface area contributed by atoms with E-state index in [9.17, 15) is 34.8 Å². The van der Waals surface area contributed by atoms with E-state index in [2.05, 4.69) is 4.90 Å². The number of carbonyl (C=O) groups is 3. The van der Waals surface area contributed by atoms with E-state index in [1.165, 1.54) is 12.8 Å². The minimum absolute atomic E-state index is 0.0185. The second-order valence-electron chi connectivity index (χ2n) is 11.1. The smallest absolute Gasteiger partial charge is 0.182 e. The van der Waals surface area contributed by atoms with Crippen LogP contribution < -0.4 is 0 Å². The molecule has 1 aliphatic heterocycles. The molecule has 2 heterocycles. The molecule has 0 spiro atoms. The Labute approximate surface area is 219 Å². The van der Waals surface area contributed by atoms with E-state index in [1.54, 1.807) is 0 Å². The van der Waals surface area contributed by atoms with Gasteiger partial charge in [0, 0.05) is 24.3 Å². The van der Waals surface area contributed by atoms with Gasteiger partial charge in [0.15, 0.2) is 23.0 Å². The summed E-state index contributed by atoms with van der Waals surface area (Å²) in [5.74, 6) is -3.53. The number of aliphatic hydroxyl groups is 4. The molecule has 4 aliphatic carbocycles. The van der Waals surface area contributed by atoms with Crippen molar-refractivity contribution in [3.8, 4) is 0 Å². The van der Waals surface area contributed by atoms with Crippen molar-refractivity contribution in [2.45, 2.75) is 64.0 Å². The van der Waals surface area contributed by atoms with E-state index < -0.39 is 51.9 Å². The van der Waals surface area contributed by atoms with Gasteiger partial charge in [-0.25, -0.2) is 0 Å². The molecule has 6 rings (SSSR count). The van der Waals surface area contributed by atoms with Gasteiger partial charge in [-0.2, -0.15) is 0 Å². The standard InChI is InChI=1S/C29H31NO8/c1-14(31)23-21(33)12-16-10-15-11-19-18(22-7-4-17(38-22)13-30-8-2-3-9-30)5-6-20(32)25(19)26(34)24(15)28(36)29(16,37)27(23)35/h4,7,15-16,34-37H,2-3,5-6,8-13H2,1H3/t15-,16+,29-/m1/s1. The number of aliphatic hydroxyl groups excluding tert-OH is 3. The number of fused-ring (bicyclic) bond motifs is 3. The highest BCUT2D eigenvalue weighted by Gasteiger charge is 2.58. The second-order valence-corrected chi connectivity index (χ2v) is 11.1. The third-order valence-corrected chi connectivity index (χ3v) is 8.87. The summed E-state index contributed by atoms with van der Waals surface area (Å²) in [5, 5.41) is 44.9. The summed E-state index contributed by atoms with van der Waals surface area (Å²) in [5.41, 5.74) is -1.38. The number of Topliss-reactive ketones (excluding diaryl/α,β-unsaturated/α-hetero) is 3. The summed E-state index contributed by atoms with van der Waals surface area (Å²) in [6.07, 6.45) is 3.19. The van der Waals surface area contributed by atoms with Crippen LogP contribution in [0.25, 0.3) is 5.57 Å². The van der Waals surface area contributed by atoms with Crippen molar-refractivity contribution in [2.24, 2.45) is 11.8 Å². The Hall–Kier alpha value is -3.43. The summed E-state index contributed by atoms with van der Waals surface area (Å²) < 4.78 is 6.19. The van der Waals surface area contributed by atoms with Crippen LogP contribution in [0.2, 0.25) is 0 Å². The molecule has 1 aromatic rings. The van der Waals surface area contributed by atoms with Crippen LogP contribution in [0.3, 0.4) is 0 Å². The molecule has 1 aromatic heterocycles. The largest absolute Gasteiger partial charge is 0.508 e. The van der Waals surface area contributed by atoms with E-state index in [-0.39, 0.29) is 36.2 Å². The molecule has 0 radical (unpaired) electrons. The maximum atomic E-state index is 13.0. The predicted molar refractivity (Wildman–Crippen MR) is 135 cm³/mol. The van der Waals surface area contributed by atoms with Gasteiger partial charge in [0.2, 0.25) is 0 Å². The molecule has 0 unspecified atom stereocenters. The van der Waals surface area contributed by atoms with Gasteiger partial charge in [-0.15, -0.1) is 0 Å². The zero-order valence-electron chi connectivity index (χ0n) is 21.2. The van der Waals surface area contributed by atoms with Crippen molar-refractivity contribution in [3.63, 3.8) is 0 Å². The van der Waals surface area contributed by atoms with Crippen LogP contribution in [0.4, 0.5) is 0 Å². The molecular formula is C29H31NO8. The quantitative estimate of drug-likeness (QED) is 0.435. The van der Waals surface area contributed by atoms with E-state index in [0.29, 0.717) is 30.7 Å². The molecule has 9 nitrogen and oxygen atoms in total. The number of carbonyl (C=O) groups excluding carboxylic acids is 3. The average Bonchev–Trinajstić information content (AvgIpc) is 3.54. The van der Waals surface area contributed by atoms with E-state index in [1.807, 2.05) is 12.1 Å². The van der Waals surface area contributed by atoms with E-state index in [4.69, 9.17) is 4.42 Å². The van der Waals surface area contributed by atoms with Gasteiger partial charge in [0.05, 0.1) is 12.1 Å². The van der Waals surface area contributed by atoms with Gasteiger partial charge >= 0.3 is 0 Å². The van der Waals surface area contributed by atoms with Crippen LogP contribution >= 0.6 is 0 Å². The van der Waals surface area contributed by atoms with Crippen molar-refractivity contribution >= 4 is 22.9 Å². The van der Waals surface area contributed by atoms with Gasteiger partial charge < -0.3 is 24.8 Å². The summed E-state index contributed by atoms with van der Waals surface area (Å²) in [6.45, 7) is 3.89. The first-order chi connectivity index (χ1) is 18.1. The lowest BCUT2D eigenvalue weighted by molar-refractivity contribution is -0.127. The molecule has 0 saturated carbocycles. The van der Waals surface area contributed by atoms with E-state index in [0.717, 1.165) is 31.3 Å². The Morgan fingerprint density at radius 3 is 2.47 bits per heavy atom. The number of hydrogen-bond acceptors (Lipinski definition) is 9. The molecule has 38 heavy (non-hydrogen) atoms. The highest BCUT2D eigenvalue weighted by atomic mass is 16.4. The SMILES string of the molecule is CC(=O)C1=C(O)[C@@]2(O)C(O)=C3C(O)=C4C(=O)CCC(c5ccc(CN6CCCC6)o5)=C4C[C@H]3C[C@H]2CC1=O. The first-order valence-electron chi connectivity index (χ1n) is 13.3. The molecule has 0 bridgehead atoms. The van der Waals surface area contributed by atoms with Gasteiger partial charge in [0.1, 0.15) is 34.4 Å². The fourth-order valence-electron chi connectivity index (χ4n) is 7.04. The first-order valence-corrected chi connectivity index (χ1v) is 13.3. The molecule has 0 amide bonds. The fourth-order valence-corrected chi connectivity index (χ4v) is 7.04.